The van der Waals surface area contributed by atoms with Gasteiger partial charge in [0.25, 0.3) is 0 Å². The fraction of sp³-hybridized carbons (Fsp3) is 0.625. The number of hydrogen-bond acceptors (Lipinski definition) is 3. The molecule has 0 saturated carbocycles. The predicted molar refractivity (Wildman–Crippen MR) is 83.9 cm³/mol. The summed E-state index contributed by atoms with van der Waals surface area (Å²) in [6.45, 7) is 4.56. The van der Waals surface area contributed by atoms with Crippen LogP contribution < -0.4 is 10.5 Å². The molecule has 0 aromatic heterocycles. The summed E-state index contributed by atoms with van der Waals surface area (Å²) in [7, 11) is 1.72. The maximum Gasteiger partial charge on any atom is 0.119 e. The van der Waals surface area contributed by atoms with Gasteiger partial charge < -0.3 is 10.5 Å². The van der Waals surface area contributed by atoms with Gasteiger partial charge in [0.15, 0.2) is 0 Å². The Morgan fingerprint density at radius 2 is 2.21 bits per heavy atom. The van der Waals surface area contributed by atoms with E-state index in [4.69, 9.17) is 10.5 Å². The number of hydrogen-bond donors (Lipinski definition) is 1. The third kappa shape index (κ3) is 3.67. The Bertz CT molecular complexity index is 419. The van der Waals surface area contributed by atoms with E-state index < -0.39 is 0 Å². The van der Waals surface area contributed by atoms with E-state index in [2.05, 4.69) is 37.7 Å². The summed E-state index contributed by atoms with van der Waals surface area (Å²) in [5.41, 5.74) is 9.12. The van der Waals surface area contributed by atoms with Crippen molar-refractivity contribution in [2.24, 2.45) is 11.7 Å². The molecule has 1 aromatic carbocycles. The zero-order chi connectivity index (χ0) is 13.8. The Balaban J connectivity index is 2.01. The van der Waals surface area contributed by atoms with E-state index in [1.165, 1.54) is 29.7 Å². The lowest BCUT2D eigenvalue weighted by molar-refractivity contribution is 0.413. The van der Waals surface area contributed by atoms with Crippen LogP contribution in [0.1, 0.15) is 43.9 Å². The van der Waals surface area contributed by atoms with Gasteiger partial charge in [0.1, 0.15) is 5.75 Å². The first-order chi connectivity index (χ1) is 9.11. The lowest BCUT2D eigenvalue weighted by Gasteiger charge is -2.31. The van der Waals surface area contributed by atoms with Crippen molar-refractivity contribution in [1.29, 1.82) is 0 Å². The highest BCUT2D eigenvalue weighted by Gasteiger charge is 2.27. The van der Waals surface area contributed by atoms with Crippen LogP contribution in [0.15, 0.2) is 18.2 Å². The number of fused-ring (bicyclic) bond motifs is 1. The second kappa shape index (κ2) is 6.67. The lowest BCUT2D eigenvalue weighted by Crippen LogP contribution is -2.29. The second-order valence-corrected chi connectivity index (χ2v) is 7.07. The van der Waals surface area contributed by atoms with Crippen LogP contribution in [0.5, 0.6) is 5.75 Å². The molecule has 1 aliphatic rings. The molecule has 0 fully saturated rings. The monoisotopic (exact) mass is 279 g/mol. The van der Waals surface area contributed by atoms with Gasteiger partial charge in [-0.2, -0.15) is 11.8 Å². The Hall–Kier alpha value is -0.670. The van der Waals surface area contributed by atoms with Crippen LogP contribution in [0.4, 0.5) is 0 Å². The van der Waals surface area contributed by atoms with E-state index in [0.717, 1.165) is 18.1 Å². The molecule has 0 bridgehead atoms. The van der Waals surface area contributed by atoms with Crippen molar-refractivity contribution in [3.8, 4) is 5.75 Å². The molecular weight excluding hydrogens is 254 g/mol. The maximum absolute atomic E-state index is 6.44. The molecule has 0 spiro atoms. The van der Waals surface area contributed by atoms with Crippen molar-refractivity contribution in [2.45, 2.75) is 44.4 Å². The van der Waals surface area contributed by atoms with Gasteiger partial charge in [-0.3, -0.25) is 0 Å². The summed E-state index contributed by atoms with van der Waals surface area (Å²) < 4.78 is 5.29. The van der Waals surface area contributed by atoms with Gasteiger partial charge in [0.2, 0.25) is 0 Å². The smallest absolute Gasteiger partial charge is 0.119 e. The highest BCUT2D eigenvalue weighted by Crippen LogP contribution is 2.37. The molecule has 1 aromatic rings. The van der Waals surface area contributed by atoms with E-state index in [0.29, 0.717) is 5.25 Å². The number of benzene rings is 1. The number of aryl methyl sites for hydroxylation is 1. The molecule has 1 aliphatic carbocycles. The van der Waals surface area contributed by atoms with Gasteiger partial charge >= 0.3 is 0 Å². The maximum atomic E-state index is 6.44. The Morgan fingerprint density at radius 3 is 2.89 bits per heavy atom. The molecule has 2 unspecified atom stereocenters. The lowest BCUT2D eigenvalue weighted by atomic mass is 9.87. The van der Waals surface area contributed by atoms with Crippen molar-refractivity contribution in [1.82, 2.24) is 0 Å². The molecule has 2 N–H and O–H groups in total. The van der Waals surface area contributed by atoms with Crippen molar-refractivity contribution >= 4 is 11.8 Å². The highest BCUT2D eigenvalue weighted by molar-refractivity contribution is 7.99. The fourth-order valence-electron chi connectivity index (χ4n) is 2.57. The van der Waals surface area contributed by atoms with Crippen LogP contribution in [0.3, 0.4) is 0 Å². The minimum atomic E-state index is 0.173. The average molecular weight is 279 g/mol. The Morgan fingerprint density at radius 1 is 1.42 bits per heavy atom. The number of nitrogens with two attached hydrogens (primary N) is 1. The number of ether oxygens (including phenoxy) is 1. The molecular formula is C16H25NOS. The number of rotatable bonds is 5. The van der Waals surface area contributed by atoms with Gasteiger partial charge in [0, 0.05) is 11.3 Å². The molecule has 0 saturated heterocycles. The zero-order valence-corrected chi connectivity index (χ0v) is 13.0. The third-order valence-corrected chi connectivity index (χ3v) is 5.26. The number of methoxy groups -OCH3 is 1. The van der Waals surface area contributed by atoms with E-state index in [-0.39, 0.29) is 6.04 Å². The molecule has 0 heterocycles. The van der Waals surface area contributed by atoms with Crippen LogP contribution >= 0.6 is 11.8 Å². The Kier molecular flexibility index (Phi) is 5.17. The normalized spacial score (nSPS) is 22.4. The first-order valence-electron chi connectivity index (χ1n) is 7.15. The van der Waals surface area contributed by atoms with Gasteiger partial charge in [-0.15, -0.1) is 0 Å². The van der Waals surface area contributed by atoms with Gasteiger partial charge in [-0.25, -0.2) is 0 Å². The largest absolute Gasteiger partial charge is 0.497 e. The topological polar surface area (TPSA) is 35.2 Å². The average Bonchev–Trinajstić information content (AvgIpc) is 2.40. The van der Waals surface area contributed by atoms with Gasteiger partial charge in [-0.1, -0.05) is 19.9 Å². The molecule has 2 nitrogen and oxygen atoms in total. The molecule has 106 valence electrons. The molecule has 19 heavy (non-hydrogen) atoms. The summed E-state index contributed by atoms with van der Waals surface area (Å²) in [6, 6.07) is 6.49. The summed E-state index contributed by atoms with van der Waals surface area (Å²) in [5, 5.41) is 0.569. The Labute approximate surface area is 121 Å². The van der Waals surface area contributed by atoms with E-state index >= 15 is 0 Å². The quantitative estimate of drug-likeness (QED) is 0.890. The molecule has 2 rings (SSSR count). The fourth-order valence-corrected chi connectivity index (χ4v) is 4.12. The first-order valence-corrected chi connectivity index (χ1v) is 8.20. The van der Waals surface area contributed by atoms with Crippen LogP contribution in [-0.2, 0) is 6.42 Å². The van der Waals surface area contributed by atoms with Crippen LogP contribution in [0, 0.1) is 5.92 Å². The minimum Gasteiger partial charge on any atom is -0.497 e. The van der Waals surface area contributed by atoms with Crippen LogP contribution in [0.25, 0.3) is 0 Å². The van der Waals surface area contributed by atoms with Crippen LogP contribution in [0.2, 0.25) is 0 Å². The molecule has 0 amide bonds. The van der Waals surface area contributed by atoms with Crippen molar-refractivity contribution in [3.63, 3.8) is 0 Å². The summed E-state index contributed by atoms with van der Waals surface area (Å²) in [4.78, 5) is 0. The predicted octanol–water partition coefficient (Wildman–Crippen LogP) is 3.79. The first kappa shape index (κ1) is 14.7. The molecule has 2 atom stereocenters. The van der Waals surface area contributed by atoms with E-state index in [1.54, 1.807) is 7.11 Å². The van der Waals surface area contributed by atoms with Crippen molar-refractivity contribution in [2.75, 3.05) is 12.9 Å². The molecule has 3 heteroatoms. The summed E-state index contributed by atoms with van der Waals surface area (Å²) in [6.07, 6.45) is 3.59. The third-order valence-electron chi connectivity index (χ3n) is 3.84. The van der Waals surface area contributed by atoms with E-state index in [9.17, 15) is 0 Å². The summed E-state index contributed by atoms with van der Waals surface area (Å²) in [5.74, 6) is 2.95. The number of thioether (sulfide) groups is 1. The highest BCUT2D eigenvalue weighted by atomic mass is 32.2. The second-order valence-electron chi connectivity index (χ2n) is 5.72. The van der Waals surface area contributed by atoms with Gasteiger partial charge in [0.05, 0.1) is 7.11 Å². The van der Waals surface area contributed by atoms with Gasteiger partial charge in [-0.05, 0) is 54.2 Å². The summed E-state index contributed by atoms with van der Waals surface area (Å²) >= 11 is 2.05. The molecule has 0 aliphatic heterocycles. The molecule has 0 radical (unpaired) electrons. The van der Waals surface area contributed by atoms with Crippen molar-refractivity contribution < 1.29 is 4.74 Å². The zero-order valence-electron chi connectivity index (χ0n) is 12.2. The van der Waals surface area contributed by atoms with E-state index in [1.807, 2.05) is 6.07 Å². The SMILES string of the molecule is COc1ccc2c(c1)CCC(SCCC(C)C)C2N. The minimum absolute atomic E-state index is 0.173. The van der Waals surface area contributed by atoms with Crippen LogP contribution in [-0.4, -0.2) is 18.1 Å². The standard InChI is InChI=1S/C16H25NOS/c1-11(2)8-9-19-15-7-4-12-10-13(18-3)5-6-14(12)16(15)17/h5-6,10-11,15-16H,4,7-9,17H2,1-3H3. The van der Waals surface area contributed by atoms with Crippen molar-refractivity contribution in [3.05, 3.63) is 29.3 Å².